The Kier molecular flexibility index (Phi) is 4.29. The number of carbonyl (C=O) groups is 2. The minimum Gasteiger partial charge on any atom is -0.347 e. The second-order valence-electron chi connectivity index (χ2n) is 7.29. The van der Waals surface area contributed by atoms with Crippen LogP contribution in [0.15, 0.2) is 0 Å². The summed E-state index contributed by atoms with van der Waals surface area (Å²) in [6.07, 6.45) is 9.59. The van der Waals surface area contributed by atoms with E-state index in [0.29, 0.717) is 17.6 Å². The molecule has 2 aliphatic heterocycles. The van der Waals surface area contributed by atoms with Crippen molar-refractivity contribution in [3.05, 3.63) is 17.2 Å². The normalized spacial score (nSPS) is 21.1. The minimum atomic E-state index is -0.115. The molecule has 1 aliphatic carbocycles. The first-order valence-electron chi connectivity index (χ1n) is 9.43. The summed E-state index contributed by atoms with van der Waals surface area (Å²) in [7, 11) is 0. The largest absolute Gasteiger partial charge is 0.347 e. The van der Waals surface area contributed by atoms with Gasteiger partial charge in [-0.15, -0.1) is 0 Å². The topological polar surface area (TPSA) is 67.2 Å². The molecule has 2 amide bonds. The van der Waals surface area contributed by atoms with Gasteiger partial charge in [-0.1, -0.05) is 12.8 Å². The Labute approximate surface area is 142 Å². The molecular formula is C18H26N4O2. The van der Waals surface area contributed by atoms with Gasteiger partial charge >= 0.3 is 0 Å². The highest BCUT2D eigenvalue weighted by Crippen LogP contribution is 2.25. The number of hydrogen-bond acceptors (Lipinski definition) is 3. The molecule has 1 saturated carbocycles. The smallest absolute Gasteiger partial charge is 0.287 e. The van der Waals surface area contributed by atoms with E-state index in [0.717, 1.165) is 70.3 Å². The van der Waals surface area contributed by atoms with E-state index in [-0.39, 0.29) is 11.8 Å². The van der Waals surface area contributed by atoms with Gasteiger partial charge in [0.25, 0.3) is 11.8 Å². The zero-order valence-electron chi connectivity index (χ0n) is 14.2. The lowest BCUT2D eigenvalue weighted by molar-refractivity contribution is 0.0754. The van der Waals surface area contributed by atoms with Gasteiger partial charge in [-0.05, 0) is 44.9 Å². The molecule has 0 spiro atoms. The third kappa shape index (κ3) is 3.06. The maximum atomic E-state index is 13.0. The number of likely N-dealkylation sites (tertiary alicyclic amines) is 1. The van der Waals surface area contributed by atoms with Crippen LogP contribution in [-0.2, 0) is 13.0 Å². The molecule has 4 rings (SSSR count). The Morgan fingerprint density at radius 3 is 2.38 bits per heavy atom. The molecule has 0 aromatic carbocycles. The van der Waals surface area contributed by atoms with Crippen LogP contribution in [0.25, 0.3) is 0 Å². The van der Waals surface area contributed by atoms with E-state index in [9.17, 15) is 9.59 Å². The number of carbonyl (C=O) groups excluding carboxylic acids is 2. The summed E-state index contributed by atoms with van der Waals surface area (Å²) in [6, 6.07) is 0.304. The van der Waals surface area contributed by atoms with Gasteiger partial charge in [0, 0.05) is 25.7 Å². The number of imidazole rings is 1. The molecule has 0 unspecified atom stereocenters. The molecule has 2 fully saturated rings. The Morgan fingerprint density at radius 1 is 0.958 bits per heavy atom. The van der Waals surface area contributed by atoms with E-state index >= 15 is 0 Å². The molecule has 3 aliphatic rings. The van der Waals surface area contributed by atoms with Crippen molar-refractivity contribution in [3.8, 4) is 0 Å². The Hall–Kier alpha value is -1.85. The fourth-order valence-corrected chi connectivity index (χ4v) is 3.79. The molecule has 6 nitrogen and oxygen atoms in total. The van der Waals surface area contributed by atoms with Crippen LogP contribution >= 0.6 is 0 Å². The molecule has 130 valence electrons. The fraction of sp³-hybridized carbons (Fsp3) is 0.722. The summed E-state index contributed by atoms with van der Waals surface area (Å²) < 4.78 is 1.99. The molecule has 1 N–H and O–H groups in total. The fourth-order valence-electron chi connectivity index (χ4n) is 3.79. The van der Waals surface area contributed by atoms with Crippen LogP contribution in [0.1, 0.15) is 78.2 Å². The van der Waals surface area contributed by atoms with Gasteiger partial charge in [-0.2, -0.15) is 0 Å². The molecule has 0 atom stereocenters. The maximum Gasteiger partial charge on any atom is 0.287 e. The summed E-state index contributed by atoms with van der Waals surface area (Å²) in [6.45, 7) is 2.42. The van der Waals surface area contributed by atoms with Gasteiger partial charge in [0.05, 0.1) is 5.69 Å². The van der Waals surface area contributed by atoms with Crippen molar-refractivity contribution in [2.45, 2.75) is 70.4 Å². The van der Waals surface area contributed by atoms with Gasteiger partial charge < -0.3 is 14.8 Å². The first-order chi connectivity index (χ1) is 11.7. The van der Waals surface area contributed by atoms with Crippen molar-refractivity contribution in [2.24, 2.45) is 0 Å². The number of nitrogens with zero attached hydrogens (tertiary/aromatic N) is 3. The Morgan fingerprint density at radius 2 is 1.67 bits per heavy atom. The molecule has 1 aromatic heterocycles. The van der Waals surface area contributed by atoms with Crippen molar-refractivity contribution >= 4 is 11.8 Å². The lowest BCUT2D eigenvalue weighted by atomic mass is 10.1. The summed E-state index contributed by atoms with van der Waals surface area (Å²) in [5.41, 5.74) is 1.49. The lowest BCUT2D eigenvalue weighted by Crippen LogP contribution is -2.33. The number of hydrogen-bond donors (Lipinski definition) is 1. The van der Waals surface area contributed by atoms with E-state index in [2.05, 4.69) is 10.3 Å². The number of amides is 2. The van der Waals surface area contributed by atoms with Crippen LogP contribution in [0.4, 0.5) is 0 Å². The molecule has 3 heterocycles. The minimum absolute atomic E-state index is 0.0213. The molecule has 1 aromatic rings. The summed E-state index contributed by atoms with van der Waals surface area (Å²) in [4.78, 5) is 32.0. The first-order valence-corrected chi connectivity index (χ1v) is 9.43. The van der Waals surface area contributed by atoms with Gasteiger partial charge in [0.2, 0.25) is 0 Å². The number of fused-ring (bicyclic) bond motifs is 1. The van der Waals surface area contributed by atoms with E-state index in [1.54, 1.807) is 0 Å². The quantitative estimate of drug-likeness (QED) is 0.923. The van der Waals surface area contributed by atoms with Crippen molar-refractivity contribution in [1.29, 1.82) is 0 Å². The predicted octanol–water partition coefficient (Wildman–Crippen LogP) is 2.13. The van der Waals surface area contributed by atoms with Crippen molar-refractivity contribution < 1.29 is 9.59 Å². The molecule has 6 heteroatoms. The van der Waals surface area contributed by atoms with Crippen LogP contribution in [0.2, 0.25) is 0 Å². The van der Waals surface area contributed by atoms with Gasteiger partial charge in [0.15, 0.2) is 5.82 Å². The number of aromatic nitrogens is 2. The zero-order chi connectivity index (χ0) is 16.5. The van der Waals surface area contributed by atoms with Crippen LogP contribution < -0.4 is 5.32 Å². The van der Waals surface area contributed by atoms with Crippen LogP contribution in [0, 0.1) is 0 Å². The van der Waals surface area contributed by atoms with E-state index in [1.807, 2.05) is 9.47 Å². The SMILES string of the molecule is O=C(NC1CC1)c1nc(C(=O)N2CCCCCC2)c2n1CCCC2. The second-order valence-corrected chi connectivity index (χ2v) is 7.29. The highest BCUT2D eigenvalue weighted by molar-refractivity contribution is 5.97. The van der Waals surface area contributed by atoms with Crippen LogP contribution in [-0.4, -0.2) is 45.4 Å². The molecule has 1 saturated heterocycles. The van der Waals surface area contributed by atoms with Crippen LogP contribution in [0.3, 0.4) is 0 Å². The van der Waals surface area contributed by atoms with Gasteiger partial charge in [-0.3, -0.25) is 9.59 Å². The summed E-state index contributed by atoms with van der Waals surface area (Å²) in [5, 5.41) is 3.01. The molecule has 0 radical (unpaired) electrons. The van der Waals surface area contributed by atoms with E-state index in [1.165, 1.54) is 12.8 Å². The average molecular weight is 330 g/mol. The zero-order valence-corrected chi connectivity index (χ0v) is 14.2. The maximum absolute atomic E-state index is 13.0. The highest BCUT2D eigenvalue weighted by atomic mass is 16.2. The number of rotatable bonds is 3. The predicted molar refractivity (Wildman–Crippen MR) is 90.0 cm³/mol. The Bertz CT molecular complexity index is 640. The molecular weight excluding hydrogens is 304 g/mol. The monoisotopic (exact) mass is 330 g/mol. The lowest BCUT2D eigenvalue weighted by Gasteiger charge is -2.21. The van der Waals surface area contributed by atoms with Gasteiger partial charge in [0.1, 0.15) is 5.69 Å². The third-order valence-corrected chi connectivity index (χ3v) is 5.33. The first kappa shape index (κ1) is 15.7. The molecule has 0 bridgehead atoms. The second kappa shape index (κ2) is 6.57. The van der Waals surface area contributed by atoms with E-state index < -0.39 is 0 Å². The highest BCUT2D eigenvalue weighted by Gasteiger charge is 2.32. The standard InChI is InChI=1S/C18H26N4O2/c23-17(19-13-8-9-13)16-20-15(14-7-3-6-12-22(14)16)18(24)21-10-4-1-2-5-11-21/h13H,1-12H2,(H,19,23). The summed E-state index contributed by atoms with van der Waals surface area (Å²) in [5.74, 6) is 0.346. The van der Waals surface area contributed by atoms with Crippen molar-refractivity contribution in [1.82, 2.24) is 19.8 Å². The van der Waals surface area contributed by atoms with E-state index in [4.69, 9.17) is 0 Å². The van der Waals surface area contributed by atoms with Crippen LogP contribution in [0.5, 0.6) is 0 Å². The van der Waals surface area contributed by atoms with Crippen molar-refractivity contribution in [2.75, 3.05) is 13.1 Å². The average Bonchev–Trinajstić information content (AvgIpc) is 3.37. The number of nitrogens with one attached hydrogen (secondary N) is 1. The van der Waals surface area contributed by atoms with Crippen molar-refractivity contribution in [3.63, 3.8) is 0 Å². The third-order valence-electron chi connectivity index (χ3n) is 5.33. The van der Waals surface area contributed by atoms with Gasteiger partial charge in [-0.25, -0.2) is 4.98 Å². The Balaban J connectivity index is 1.62. The molecule has 24 heavy (non-hydrogen) atoms. The summed E-state index contributed by atoms with van der Waals surface area (Å²) >= 11 is 0.